The number of carboxylic acids is 2. The number of carboxylic acid groups (broad SMARTS) is 2. The summed E-state index contributed by atoms with van der Waals surface area (Å²) >= 11 is 1.25. The molecule has 0 saturated heterocycles. The van der Waals surface area contributed by atoms with Crippen LogP contribution in [0.2, 0.25) is 0 Å². The molecule has 0 unspecified atom stereocenters. The van der Waals surface area contributed by atoms with Crippen LogP contribution in [-0.2, 0) is 43.0 Å². The standard InChI is InChI=1S/C47H86N4O11S/c1-3-5-7-9-11-13-15-17-19-21-23-25-27-29-44(56)61-35-38(62-45(57)30-28-26-24-22-20-18-16-14-12-10-8-6-4-2)36-63-37-39(48)46(58)50-33-41(52)49-34-42(53)51-40(47(59)60)31-32-43(54)55/h38-40H,3-37,48H2,1-2H3,(H,49,52)(H,50,58)(H,51,53)(H,54,55)(H,59,60)/t38-,39+,40+/m1/s1. The Balaban J connectivity index is 4.69. The predicted molar refractivity (Wildman–Crippen MR) is 249 cm³/mol. The zero-order valence-corrected chi connectivity index (χ0v) is 39.9. The molecule has 16 heteroatoms. The van der Waals surface area contributed by atoms with Crippen molar-refractivity contribution >= 4 is 53.4 Å². The van der Waals surface area contributed by atoms with Gasteiger partial charge in [0.2, 0.25) is 17.7 Å². The van der Waals surface area contributed by atoms with Crippen LogP contribution < -0.4 is 21.7 Å². The Morgan fingerprint density at radius 2 is 0.968 bits per heavy atom. The van der Waals surface area contributed by atoms with Gasteiger partial charge in [-0.05, 0) is 19.3 Å². The van der Waals surface area contributed by atoms with Crippen molar-refractivity contribution in [1.82, 2.24) is 16.0 Å². The largest absolute Gasteiger partial charge is 0.481 e. The fourth-order valence-electron chi connectivity index (χ4n) is 6.91. The van der Waals surface area contributed by atoms with E-state index in [0.717, 1.165) is 38.5 Å². The minimum absolute atomic E-state index is 0.101. The van der Waals surface area contributed by atoms with E-state index in [0.29, 0.717) is 12.8 Å². The smallest absolute Gasteiger partial charge is 0.326 e. The van der Waals surface area contributed by atoms with E-state index in [1.54, 1.807) is 0 Å². The Bertz CT molecular complexity index is 1240. The van der Waals surface area contributed by atoms with Crippen LogP contribution in [0.1, 0.15) is 206 Å². The summed E-state index contributed by atoms with van der Waals surface area (Å²) in [5.41, 5.74) is 6.05. The maximum atomic E-state index is 12.8. The first kappa shape index (κ1) is 59.6. The van der Waals surface area contributed by atoms with Crippen LogP contribution in [-0.4, -0.2) is 101 Å². The lowest BCUT2D eigenvalue weighted by atomic mass is 10.0. The molecule has 0 aromatic heterocycles. The molecule has 0 aromatic rings. The van der Waals surface area contributed by atoms with Crippen LogP contribution >= 0.6 is 11.8 Å². The lowest BCUT2D eigenvalue weighted by Gasteiger charge is -2.19. The maximum absolute atomic E-state index is 12.8. The van der Waals surface area contributed by atoms with Crippen LogP contribution in [0.3, 0.4) is 0 Å². The number of unbranched alkanes of at least 4 members (excludes halogenated alkanes) is 24. The number of hydrogen-bond acceptors (Lipinski definition) is 11. The highest BCUT2D eigenvalue weighted by molar-refractivity contribution is 7.99. The number of carbonyl (C=O) groups is 7. The van der Waals surface area contributed by atoms with Crippen molar-refractivity contribution in [3.63, 3.8) is 0 Å². The molecule has 3 amide bonds. The van der Waals surface area contributed by atoms with E-state index in [-0.39, 0.29) is 42.9 Å². The minimum Gasteiger partial charge on any atom is -0.481 e. The fourth-order valence-corrected chi connectivity index (χ4v) is 7.87. The Labute approximate surface area is 383 Å². The zero-order valence-electron chi connectivity index (χ0n) is 39.0. The van der Waals surface area contributed by atoms with E-state index < -0.39 is 67.4 Å². The summed E-state index contributed by atoms with van der Waals surface area (Å²) in [5.74, 6) is -5.20. The van der Waals surface area contributed by atoms with Gasteiger partial charge in [-0.2, -0.15) is 11.8 Å². The minimum atomic E-state index is -1.44. The first-order valence-electron chi connectivity index (χ1n) is 24.4. The third-order valence-electron chi connectivity index (χ3n) is 10.8. The van der Waals surface area contributed by atoms with Crippen LogP contribution in [0.15, 0.2) is 0 Å². The highest BCUT2D eigenvalue weighted by atomic mass is 32.2. The van der Waals surface area contributed by atoms with Crippen molar-refractivity contribution in [2.45, 2.75) is 225 Å². The molecule has 0 spiro atoms. The molecule has 0 aliphatic rings. The number of esters is 2. The summed E-state index contributed by atoms with van der Waals surface area (Å²) in [5, 5.41) is 24.7. The quantitative estimate of drug-likeness (QED) is 0.0250. The van der Waals surface area contributed by atoms with E-state index in [4.69, 9.17) is 20.3 Å². The number of rotatable bonds is 45. The second-order valence-electron chi connectivity index (χ2n) is 16.8. The summed E-state index contributed by atoms with van der Waals surface area (Å²) in [7, 11) is 0. The molecule has 0 heterocycles. The summed E-state index contributed by atoms with van der Waals surface area (Å²) in [6.07, 6.45) is 30.3. The summed E-state index contributed by atoms with van der Waals surface area (Å²) in [4.78, 5) is 84.3. The van der Waals surface area contributed by atoms with Gasteiger partial charge in [0.05, 0.1) is 19.1 Å². The molecule has 0 fully saturated rings. The predicted octanol–water partition coefficient (Wildman–Crippen LogP) is 8.13. The van der Waals surface area contributed by atoms with E-state index in [1.165, 1.54) is 134 Å². The van der Waals surface area contributed by atoms with Gasteiger partial charge in [-0.1, -0.05) is 168 Å². The molecule has 3 atom stereocenters. The molecule has 15 nitrogen and oxygen atoms in total. The van der Waals surface area contributed by atoms with E-state index in [9.17, 15) is 38.7 Å². The average Bonchev–Trinajstić information content (AvgIpc) is 3.25. The Kier molecular flexibility index (Phi) is 40.2. The first-order valence-corrected chi connectivity index (χ1v) is 25.5. The number of ether oxygens (including phenoxy) is 2. The Hall–Kier alpha value is -3.40. The molecule has 0 aromatic carbocycles. The second kappa shape index (κ2) is 42.5. The van der Waals surface area contributed by atoms with Crippen molar-refractivity contribution in [3.05, 3.63) is 0 Å². The van der Waals surface area contributed by atoms with Crippen LogP contribution in [0.4, 0.5) is 0 Å². The normalized spacial score (nSPS) is 12.5. The van der Waals surface area contributed by atoms with Crippen LogP contribution in [0, 0.1) is 0 Å². The van der Waals surface area contributed by atoms with Gasteiger partial charge < -0.3 is 41.4 Å². The highest BCUT2D eigenvalue weighted by Crippen LogP contribution is 2.16. The number of nitrogens with two attached hydrogens (primary N) is 1. The van der Waals surface area contributed by atoms with E-state index in [1.807, 2.05) is 0 Å². The first-order chi connectivity index (χ1) is 30.4. The lowest BCUT2D eigenvalue weighted by Crippen LogP contribution is -2.49. The summed E-state index contributed by atoms with van der Waals surface area (Å²) in [6.45, 7) is 3.29. The topological polar surface area (TPSA) is 241 Å². The van der Waals surface area contributed by atoms with Gasteiger partial charge in [-0.3, -0.25) is 28.8 Å². The monoisotopic (exact) mass is 915 g/mol. The molecule has 0 bridgehead atoms. The van der Waals surface area contributed by atoms with Gasteiger partial charge in [0.1, 0.15) is 18.8 Å². The van der Waals surface area contributed by atoms with Crippen molar-refractivity contribution in [1.29, 1.82) is 0 Å². The zero-order chi connectivity index (χ0) is 46.8. The molecule has 0 radical (unpaired) electrons. The molecule has 7 N–H and O–H groups in total. The van der Waals surface area contributed by atoms with E-state index >= 15 is 0 Å². The second-order valence-corrected chi connectivity index (χ2v) is 17.9. The van der Waals surface area contributed by atoms with Gasteiger partial charge >= 0.3 is 23.9 Å². The van der Waals surface area contributed by atoms with Gasteiger partial charge in [-0.25, -0.2) is 4.79 Å². The number of thioether (sulfide) groups is 1. The number of nitrogens with one attached hydrogen (secondary N) is 3. The van der Waals surface area contributed by atoms with Crippen molar-refractivity contribution in [2.75, 3.05) is 31.2 Å². The molecule has 0 aliphatic heterocycles. The van der Waals surface area contributed by atoms with Crippen molar-refractivity contribution < 1.29 is 53.2 Å². The summed E-state index contributed by atoms with van der Waals surface area (Å²) in [6, 6.07) is -2.47. The number of aliphatic carboxylic acids is 2. The molecule has 0 rings (SSSR count). The number of hydrogen-bond donors (Lipinski definition) is 6. The highest BCUT2D eigenvalue weighted by Gasteiger charge is 2.22. The Morgan fingerprint density at radius 3 is 1.41 bits per heavy atom. The number of carbonyl (C=O) groups excluding carboxylic acids is 5. The van der Waals surface area contributed by atoms with Gasteiger partial charge in [0, 0.05) is 30.8 Å². The molecule has 0 aliphatic carbocycles. The number of amides is 3. The van der Waals surface area contributed by atoms with Crippen LogP contribution in [0.5, 0.6) is 0 Å². The molecular formula is C47H86N4O11S. The maximum Gasteiger partial charge on any atom is 0.326 e. The lowest BCUT2D eigenvalue weighted by molar-refractivity contribution is -0.157. The van der Waals surface area contributed by atoms with Crippen LogP contribution in [0.25, 0.3) is 0 Å². The van der Waals surface area contributed by atoms with Gasteiger partial charge in [0.25, 0.3) is 0 Å². The summed E-state index contributed by atoms with van der Waals surface area (Å²) < 4.78 is 11.3. The SMILES string of the molecule is CCCCCCCCCCCCCCCC(=O)OC[C@H](CSC[C@H](N)C(=O)NCC(=O)NCC(=O)N[C@@H](CCC(=O)O)C(=O)O)OC(=O)CCCCCCCCCCCCCCC. The average molecular weight is 915 g/mol. The third-order valence-corrected chi connectivity index (χ3v) is 12.0. The molecule has 366 valence electrons. The van der Waals surface area contributed by atoms with Gasteiger partial charge in [-0.15, -0.1) is 0 Å². The third kappa shape index (κ3) is 39.9. The van der Waals surface area contributed by atoms with Gasteiger partial charge in [0.15, 0.2) is 0 Å². The Morgan fingerprint density at radius 1 is 0.540 bits per heavy atom. The van der Waals surface area contributed by atoms with Crippen molar-refractivity contribution in [3.8, 4) is 0 Å². The molecular weight excluding hydrogens is 829 g/mol. The van der Waals surface area contributed by atoms with E-state index in [2.05, 4.69) is 29.8 Å². The molecule has 0 saturated carbocycles. The molecule has 63 heavy (non-hydrogen) atoms. The van der Waals surface area contributed by atoms with Crippen molar-refractivity contribution in [2.24, 2.45) is 5.73 Å². The fraction of sp³-hybridized carbons (Fsp3) is 0.851.